The van der Waals surface area contributed by atoms with E-state index in [4.69, 9.17) is 24.8 Å². The molecule has 9 nitrogen and oxygen atoms in total. The van der Waals surface area contributed by atoms with Crippen LogP contribution in [0.2, 0.25) is 0 Å². The third-order valence-corrected chi connectivity index (χ3v) is 6.15. The van der Waals surface area contributed by atoms with E-state index in [2.05, 4.69) is 33.3 Å². The van der Waals surface area contributed by atoms with E-state index in [1.165, 1.54) is 0 Å². The largest absolute Gasteiger partial charge is 0.378 e. The van der Waals surface area contributed by atoms with Crippen LogP contribution in [0.5, 0.6) is 0 Å². The maximum Gasteiger partial charge on any atom is 0.253 e. The Morgan fingerprint density at radius 2 is 1.70 bits per heavy atom. The Morgan fingerprint density at radius 3 is 2.52 bits per heavy atom. The highest BCUT2D eigenvalue weighted by atomic mass is 16.5. The Bertz CT molecular complexity index is 1250. The fourth-order valence-electron chi connectivity index (χ4n) is 4.37. The molecule has 0 amide bonds. The van der Waals surface area contributed by atoms with Gasteiger partial charge in [-0.3, -0.25) is 0 Å². The Hall–Kier alpha value is -3.56. The van der Waals surface area contributed by atoms with Crippen molar-refractivity contribution < 1.29 is 4.74 Å². The third-order valence-electron chi connectivity index (χ3n) is 6.15. The van der Waals surface area contributed by atoms with Crippen molar-refractivity contribution >= 4 is 22.5 Å². The van der Waals surface area contributed by atoms with Crippen LogP contribution in [0.25, 0.3) is 28.2 Å². The predicted octanol–water partition coefficient (Wildman–Crippen LogP) is 2.12. The number of piperazine rings is 1. The van der Waals surface area contributed by atoms with Crippen molar-refractivity contribution in [1.29, 1.82) is 0 Å². The molecule has 0 atom stereocenters. The van der Waals surface area contributed by atoms with Crippen LogP contribution in [-0.4, -0.2) is 77.2 Å². The molecule has 0 radical (unpaired) electrons. The van der Waals surface area contributed by atoms with Gasteiger partial charge in [-0.1, -0.05) is 30.3 Å². The number of benzene rings is 1. The van der Waals surface area contributed by atoms with Crippen LogP contribution in [0.3, 0.4) is 0 Å². The monoisotopic (exact) mass is 442 g/mol. The van der Waals surface area contributed by atoms with Crippen LogP contribution in [0, 0.1) is 0 Å². The van der Waals surface area contributed by atoms with Gasteiger partial charge >= 0.3 is 0 Å². The van der Waals surface area contributed by atoms with Crippen molar-refractivity contribution in [3.63, 3.8) is 0 Å². The SMILES string of the molecule is c1ccc(-c2ccn(-c3nc(N4CCOCC4)c4ncc(N5CCNCC5)cc4n3)n2)cc1. The van der Waals surface area contributed by atoms with Crippen LogP contribution in [0.1, 0.15) is 0 Å². The van der Waals surface area contributed by atoms with Crippen molar-refractivity contribution in [3.8, 4) is 17.2 Å². The molecule has 0 saturated carbocycles. The minimum atomic E-state index is 0.547. The Balaban J connectivity index is 1.44. The van der Waals surface area contributed by atoms with E-state index in [0.717, 1.165) is 73.1 Å². The predicted molar refractivity (Wildman–Crippen MR) is 128 cm³/mol. The molecule has 0 unspecified atom stereocenters. The molecular formula is C24H26N8O. The number of aromatic nitrogens is 5. The van der Waals surface area contributed by atoms with Gasteiger partial charge in [0.25, 0.3) is 5.95 Å². The highest BCUT2D eigenvalue weighted by Gasteiger charge is 2.21. The van der Waals surface area contributed by atoms with Crippen LogP contribution >= 0.6 is 0 Å². The number of hydrogen-bond donors (Lipinski definition) is 1. The topological polar surface area (TPSA) is 84.2 Å². The van der Waals surface area contributed by atoms with Gasteiger partial charge in [-0.15, -0.1) is 0 Å². The van der Waals surface area contributed by atoms with Gasteiger partial charge in [0, 0.05) is 51.0 Å². The molecule has 4 aromatic rings. The fourth-order valence-corrected chi connectivity index (χ4v) is 4.37. The van der Waals surface area contributed by atoms with Crippen molar-refractivity contribution in [2.75, 3.05) is 62.3 Å². The van der Waals surface area contributed by atoms with Crippen molar-refractivity contribution in [2.24, 2.45) is 0 Å². The summed E-state index contributed by atoms with van der Waals surface area (Å²) in [5.74, 6) is 1.38. The number of pyridine rings is 1. The number of ether oxygens (including phenoxy) is 1. The number of nitrogens with one attached hydrogen (secondary N) is 1. The second kappa shape index (κ2) is 8.76. The molecule has 2 aliphatic rings. The highest BCUT2D eigenvalue weighted by molar-refractivity contribution is 5.88. The average Bonchev–Trinajstić information content (AvgIpc) is 3.40. The van der Waals surface area contributed by atoms with Crippen LogP contribution in [0.15, 0.2) is 54.9 Å². The number of hydrogen-bond acceptors (Lipinski definition) is 8. The summed E-state index contributed by atoms with van der Waals surface area (Å²) in [5.41, 5.74) is 4.68. The Labute approximate surface area is 192 Å². The van der Waals surface area contributed by atoms with E-state index in [0.29, 0.717) is 19.2 Å². The number of morpholine rings is 1. The lowest BCUT2D eigenvalue weighted by Crippen LogP contribution is -2.43. The molecular weight excluding hydrogens is 416 g/mol. The molecule has 6 rings (SSSR count). The average molecular weight is 443 g/mol. The molecule has 0 aliphatic carbocycles. The summed E-state index contributed by atoms with van der Waals surface area (Å²) in [6, 6.07) is 14.3. The summed E-state index contributed by atoms with van der Waals surface area (Å²) in [4.78, 5) is 19.2. The second-order valence-electron chi connectivity index (χ2n) is 8.26. The smallest absolute Gasteiger partial charge is 0.253 e. The first-order valence-electron chi connectivity index (χ1n) is 11.4. The minimum Gasteiger partial charge on any atom is -0.378 e. The van der Waals surface area contributed by atoms with Gasteiger partial charge < -0.3 is 19.9 Å². The van der Waals surface area contributed by atoms with Gasteiger partial charge in [-0.2, -0.15) is 10.1 Å². The zero-order valence-corrected chi connectivity index (χ0v) is 18.4. The maximum absolute atomic E-state index is 5.56. The van der Waals surface area contributed by atoms with Crippen molar-refractivity contribution in [3.05, 3.63) is 54.9 Å². The second-order valence-corrected chi connectivity index (χ2v) is 8.26. The molecule has 5 heterocycles. The van der Waals surface area contributed by atoms with E-state index in [-0.39, 0.29) is 0 Å². The Kier molecular flexibility index (Phi) is 5.33. The van der Waals surface area contributed by atoms with Crippen LogP contribution < -0.4 is 15.1 Å². The molecule has 2 fully saturated rings. The first kappa shape index (κ1) is 20.1. The van der Waals surface area contributed by atoms with Gasteiger partial charge in [0.2, 0.25) is 0 Å². The summed E-state index contributed by atoms with van der Waals surface area (Å²) < 4.78 is 7.32. The molecule has 168 valence electrons. The maximum atomic E-state index is 5.56. The summed E-state index contributed by atoms with van der Waals surface area (Å²) in [7, 11) is 0. The zero-order valence-electron chi connectivity index (χ0n) is 18.4. The first-order valence-corrected chi connectivity index (χ1v) is 11.4. The van der Waals surface area contributed by atoms with Gasteiger partial charge in [0.05, 0.1) is 36.3 Å². The molecule has 2 saturated heterocycles. The summed E-state index contributed by atoms with van der Waals surface area (Å²) in [6.07, 6.45) is 3.86. The summed E-state index contributed by atoms with van der Waals surface area (Å²) >= 11 is 0. The lowest BCUT2D eigenvalue weighted by molar-refractivity contribution is 0.122. The van der Waals surface area contributed by atoms with Gasteiger partial charge in [-0.05, 0) is 12.1 Å². The quantitative estimate of drug-likeness (QED) is 0.515. The molecule has 0 spiro atoms. The van der Waals surface area contributed by atoms with Crippen molar-refractivity contribution in [1.82, 2.24) is 30.0 Å². The van der Waals surface area contributed by atoms with Gasteiger partial charge in [-0.25, -0.2) is 14.6 Å². The highest BCUT2D eigenvalue weighted by Crippen LogP contribution is 2.28. The summed E-state index contributed by atoms with van der Waals surface area (Å²) in [5, 5.41) is 8.17. The molecule has 9 heteroatoms. The standard InChI is InChI=1S/C24H26N8O/c1-2-4-18(5-3-1)20-6-9-32(29-20)24-27-21-16-19(30-10-7-25-8-11-30)17-26-22(21)23(28-24)31-12-14-33-15-13-31/h1-6,9,16-17,25H,7-8,10-15H2. The van der Waals surface area contributed by atoms with Crippen LogP contribution in [0.4, 0.5) is 11.5 Å². The number of rotatable bonds is 4. The van der Waals surface area contributed by atoms with E-state index in [1.54, 1.807) is 4.68 Å². The van der Waals surface area contributed by atoms with E-state index < -0.39 is 0 Å². The van der Waals surface area contributed by atoms with E-state index in [9.17, 15) is 0 Å². The molecule has 33 heavy (non-hydrogen) atoms. The zero-order chi connectivity index (χ0) is 22.0. The molecule has 0 bridgehead atoms. The van der Waals surface area contributed by atoms with Gasteiger partial charge in [0.15, 0.2) is 5.82 Å². The van der Waals surface area contributed by atoms with Crippen LogP contribution in [-0.2, 0) is 4.74 Å². The van der Waals surface area contributed by atoms with E-state index in [1.807, 2.05) is 36.7 Å². The van der Waals surface area contributed by atoms with E-state index >= 15 is 0 Å². The van der Waals surface area contributed by atoms with Gasteiger partial charge in [0.1, 0.15) is 5.52 Å². The molecule has 1 N–H and O–H groups in total. The molecule has 1 aromatic carbocycles. The lowest BCUT2D eigenvalue weighted by Gasteiger charge is -2.30. The number of nitrogens with zero attached hydrogens (tertiary/aromatic N) is 7. The lowest BCUT2D eigenvalue weighted by atomic mass is 10.2. The normalized spacial score (nSPS) is 17.0. The van der Waals surface area contributed by atoms with Crippen molar-refractivity contribution in [2.45, 2.75) is 0 Å². The third kappa shape index (κ3) is 4.01. The molecule has 2 aliphatic heterocycles. The first-order chi connectivity index (χ1) is 16.3. The number of anilines is 2. The Morgan fingerprint density at radius 1 is 0.879 bits per heavy atom. The fraction of sp³-hybridized carbons (Fsp3) is 0.333. The number of fused-ring (bicyclic) bond motifs is 1. The summed E-state index contributed by atoms with van der Waals surface area (Å²) in [6.45, 7) is 6.78. The molecule has 3 aromatic heterocycles. The minimum absolute atomic E-state index is 0.547.